The van der Waals surface area contributed by atoms with Crippen LogP contribution >= 0.6 is 0 Å². The summed E-state index contributed by atoms with van der Waals surface area (Å²) < 4.78 is 0. The van der Waals surface area contributed by atoms with Gasteiger partial charge in [-0.05, 0) is 73.2 Å². The standard InChI is InChI=1S/C41H32/c1-3-11-29(12-4-1)27-41(28-30-13-5-2-6-14-30,37-25-23-33-17-7-15-31-19-9-21-35(37)39(31)33)38-26-24-34-18-8-16-32-20-10-22-36(38)40(32)34/h1-26,37-38H,27-28H2. The summed E-state index contributed by atoms with van der Waals surface area (Å²) >= 11 is 0. The van der Waals surface area contributed by atoms with Crippen LogP contribution in [0.5, 0.6) is 0 Å². The molecule has 2 atom stereocenters. The van der Waals surface area contributed by atoms with Crippen LogP contribution < -0.4 is 0 Å². The lowest BCUT2D eigenvalue weighted by Crippen LogP contribution is -2.40. The van der Waals surface area contributed by atoms with Gasteiger partial charge in [-0.3, -0.25) is 0 Å². The van der Waals surface area contributed by atoms with Crippen LogP contribution in [0.3, 0.4) is 0 Å². The predicted octanol–water partition coefficient (Wildman–Crippen LogP) is 10.4. The average molecular weight is 525 g/mol. The lowest BCUT2D eigenvalue weighted by molar-refractivity contribution is 0.217. The van der Waals surface area contributed by atoms with E-state index in [4.69, 9.17) is 0 Å². The predicted molar refractivity (Wildman–Crippen MR) is 174 cm³/mol. The molecule has 0 nitrogen and oxygen atoms in total. The minimum absolute atomic E-state index is 0.140. The van der Waals surface area contributed by atoms with Crippen LogP contribution in [0.1, 0.15) is 45.2 Å². The third kappa shape index (κ3) is 3.98. The van der Waals surface area contributed by atoms with Crippen molar-refractivity contribution in [3.63, 3.8) is 0 Å². The van der Waals surface area contributed by atoms with Crippen LogP contribution in [-0.2, 0) is 12.8 Å². The zero-order chi connectivity index (χ0) is 27.2. The number of allylic oxidation sites excluding steroid dienone is 2. The molecule has 0 heteroatoms. The van der Waals surface area contributed by atoms with Crippen molar-refractivity contribution in [2.24, 2.45) is 5.41 Å². The second-order valence-electron chi connectivity index (χ2n) is 11.8. The average Bonchev–Trinajstić information content (AvgIpc) is 3.03. The van der Waals surface area contributed by atoms with Crippen molar-refractivity contribution in [1.82, 2.24) is 0 Å². The van der Waals surface area contributed by atoms with Gasteiger partial charge in [0.05, 0.1) is 0 Å². The van der Waals surface area contributed by atoms with Gasteiger partial charge in [0.1, 0.15) is 0 Å². The Kier molecular flexibility index (Phi) is 5.74. The molecule has 0 heterocycles. The van der Waals surface area contributed by atoms with Gasteiger partial charge in [-0.1, -0.05) is 158 Å². The van der Waals surface area contributed by atoms with Crippen molar-refractivity contribution in [3.8, 4) is 0 Å². The van der Waals surface area contributed by atoms with E-state index in [9.17, 15) is 0 Å². The van der Waals surface area contributed by atoms with E-state index < -0.39 is 0 Å². The first kappa shape index (κ1) is 24.1. The minimum atomic E-state index is -0.140. The molecule has 196 valence electrons. The SMILES string of the molecule is C1=CC(C(Cc2ccccc2)(Cc2ccccc2)C2C=Cc3cccc4cccc2c34)c2cccc3cccc1c23. The first-order valence-corrected chi connectivity index (χ1v) is 14.8. The molecule has 0 amide bonds. The van der Waals surface area contributed by atoms with E-state index in [-0.39, 0.29) is 17.3 Å². The van der Waals surface area contributed by atoms with Crippen LogP contribution in [0.25, 0.3) is 33.7 Å². The first-order chi connectivity index (χ1) is 20.3. The first-order valence-electron chi connectivity index (χ1n) is 14.8. The molecule has 0 aliphatic heterocycles. The maximum atomic E-state index is 2.53. The summed E-state index contributed by atoms with van der Waals surface area (Å²) in [6.07, 6.45) is 11.8. The zero-order valence-corrected chi connectivity index (χ0v) is 23.1. The van der Waals surface area contributed by atoms with E-state index in [2.05, 4.69) is 158 Å². The molecule has 0 N–H and O–H groups in total. The van der Waals surface area contributed by atoms with E-state index in [0.29, 0.717) is 0 Å². The monoisotopic (exact) mass is 524 g/mol. The van der Waals surface area contributed by atoms with Crippen molar-refractivity contribution < 1.29 is 0 Å². The van der Waals surface area contributed by atoms with E-state index >= 15 is 0 Å². The van der Waals surface area contributed by atoms with Gasteiger partial charge in [0, 0.05) is 11.8 Å². The third-order valence-electron chi connectivity index (χ3n) is 9.54. The van der Waals surface area contributed by atoms with Gasteiger partial charge in [0.2, 0.25) is 0 Å². The van der Waals surface area contributed by atoms with Crippen LogP contribution in [0.2, 0.25) is 0 Å². The summed E-state index contributed by atoms with van der Waals surface area (Å²) in [5.41, 5.74) is 8.20. The van der Waals surface area contributed by atoms with Gasteiger partial charge in [0.15, 0.2) is 0 Å². The maximum absolute atomic E-state index is 2.53. The molecule has 6 aromatic rings. The number of hydrogen-bond acceptors (Lipinski definition) is 0. The van der Waals surface area contributed by atoms with E-state index in [1.165, 1.54) is 54.9 Å². The van der Waals surface area contributed by atoms with Gasteiger partial charge in [0.25, 0.3) is 0 Å². The Hall–Kier alpha value is -4.68. The summed E-state index contributed by atoms with van der Waals surface area (Å²) in [4.78, 5) is 0. The Balaban J connectivity index is 1.43. The molecule has 2 aliphatic rings. The molecule has 2 aliphatic carbocycles. The van der Waals surface area contributed by atoms with Crippen molar-refractivity contribution in [2.75, 3.05) is 0 Å². The Labute approximate surface area is 242 Å². The fourth-order valence-electron chi connectivity index (χ4n) is 7.85. The maximum Gasteiger partial charge on any atom is 0.00994 e. The molecule has 8 rings (SSSR count). The van der Waals surface area contributed by atoms with Gasteiger partial charge in [-0.15, -0.1) is 0 Å². The summed E-state index contributed by atoms with van der Waals surface area (Å²) in [6.45, 7) is 0. The molecule has 2 unspecified atom stereocenters. The fourth-order valence-corrected chi connectivity index (χ4v) is 7.85. The van der Waals surface area contributed by atoms with Crippen molar-refractivity contribution in [3.05, 3.63) is 179 Å². The van der Waals surface area contributed by atoms with E-state index in [0.717, 1.165) is 12.8 Å². The molecule has 6 aromatic carbocycles. The van der Waals surface area contributed by atoms with E-state index in [1.54, 1.807) is 0 Å². The molecule has 0 bridgehead atoms. The molecule has 0 saturated heterocycles. The molecular formula is C41H32. The topological polar surface area (TPSA) is 0 Å². The Bertz CT molecular complexity index is 1790. The lowest BCUT2D eigenvalue weighted by Gasteiger charge is -2.48. The number of hydrogen-bond donors (Lipinski definition) is 0. The molecule has 0 fully saturated rings. The largest absolute Gasteiger partial charge is 0.0758 e. The van der Waals surface area contributed by atoms with Gasteiger partial charge >= 0.3 is 0 Å². The summed E-state index contributed by atoms with van der Waals surface area (Å²) in [6, 6.07) is 49.7. The minimum Gasteiger partial charge on any atom is -0.0758 e. The number of rotatable bonds is 6. The third-order valence-corrected chi connectivity index (χ3v) is 9.54. The van der Waals surface area contributed by atoms with Crippen LogP contribution in [0.15, 0.2) is 146 Å². The van der Waals surface area contributed by atoms with Crippen molar-refractivity contribution >= 4 is 33.7 Å². The molecule has 41 heavy (non-hydrogen) atoms. The number of benzene rings is 6. The van der Waals surface area contributed by atoms with Gasteiger partial charge in [-0.25, -0.2) is 0 Å². The van der Waals surface area contributed by atoms with Crippen LogP contribution in [0, 0.1) is 5.41 Å². The summed E-state index contributed by atoms with van der Waals surface area (Å²) in [5, 5.41) is 5.47. The molecule has 0 saturated carbocycles. The normalized spacial score (nSPS) is 17.3. The van der Waals surface area contributed by atoms with Crippen LogP contribution in [0.4, 0.5) is 0 Å². The Morgan fingerprint density at radius 2 is 0.829 bits per heavy atom. The van der Waals surface area contributed by atoms with Gasteiger partial charge < -0.3 is 0 Å². The Morgan fingerprint density at radius 3 is 1.27 bits per heavy atom. The highest BCUT2D eigenvalue weighted by Crippen LogP contribution is 2.57. The smallest absolute Gasteiger partial charge is 0.00994 e. The molecule has 0 aromatic heterocycles. The zero-order valence-electron chi connectivity index (χ0n) is 23.1. The fraction of sp³-hybridized carbons (Fsp3) is 0.122. The highest BCUT2D eigenvalue weighted by atomic mass is 14.5. The second kappa shape index (κ2) is 9.75. The van der Waals surface area contributed by atoms with Crippen molar-refractivity contribution in [2.45, 2.75) is 24.7 Å². The highest BCUT2D eigenvalue weighted by Gasteiger charge is 2.47. The Morgan fingerprint density at radius 1 is 0.415 bits per heavy atom. The summed E-state index contributed by atoms with van der Waals surface area (Å²) in [7, 11) is 0. The second-order valence-corrected chi connectivity index (χ2v) is 11.8. The van der Waals surface area contributed by atoms with Gasteiger partial charge in [-0.2, -0.15) is 0 Å². The summed E-state index contributed by atoms with van der Waals surface area (Å²) in [5.74, 6) is 0.466. The highest BCUT2D eigenvalue weighted by molar-refractivity contribution is 5.97. The molecule has 0 spiro atoms. The quantitative estimate of drug-likeness (QED) is 0.203. The van der Waals surface area contributed by atoms with Crippen LogP contribution in [-0.4, -0.2) is 0 Å². The molecule has 0 radical (unpaired) electrons. The van der Waals surface area contributed by atoms with Crippen molar-refractivity contribution in [1.29, 1.82) is 0 Å². The molecular weight excluding hydrogens is 492 g/mol. The van der Waals surface area contributed by atoms with E-state index in [1.807, 2.05) is 0 Å². The lowest BCUT2D eigenvalue weighted by atomic mass is 9.55.